The number of carboxylic acids is 2. The molecule has 1 aromatic heterocycles. The topological polar surface area (TPSA) is 161 Å². The fraction of sp³-hybridized carbons (Fsp3) is 0. The Morgan fingerprint density at radius 3 is 1.92 bits per heavy atom. The molecule has 0 amide bonds. The fourth-order valence-corrected chi connectivity index (χ4v) is 2.37. The summed E-state index contributed by atoms with van der Waals surface area (Å²) in [4.78, 5) is 47.7. The van der Waals surface area contributed by atoms with Crippen molar-refractivity contribution in [2.75, 3.05) is 0 Å². The van der Waals surface area contributed by atoms with E-state index in [1.807, 2.05) is 0 Å². The molecule has 0 atom stereocenters. The zero-order chi connectivity index (χ0) is 16.6. The Morgan fingerprint density at radius 2 is 1.50 bits per heavy atom. The zero-order valence-corrected chi connectivity index (χ0v) is 12.5. The summed E-state index contributed by atoms with van der Waals surface area (Å²) in [5, 5.41) is 18.4. The van der Waals surface area contributed by atoms with Gasteiger partial charge >= 0.3 is 47.2 Å². The first-order valence-corrected chi connectivity index (χ1v) is 6.30. The second-order valence-electron chi connectivity index (χ2n) is 4.06. The van der Waals surface area contributed by atoms with Gasteiger partial charge < -0.3 is 15.7 Å². The molecule has 1 aromatic carbocycles. The van der Waals surface area contributed by atoms with Crippen molar-refractivity contribution in [3.63, 3.8) is 0 Å². The Kier molecular flexibility index (Phi) is 7.90. The van der Waals surface area contributed by atoms with E-state index in [0.29, 0.717) is 4.57 Å². The van der Waals surface area contributed by atoms with Gasteiger partial charge in [0.15, 0.2) is 11.3 Å². The SMILES string of the molecule is O.O=C(O)c1c(C(=O)O)n(-c2cc(Cl)cc(Cl)c2)c(=O)[nH]c1=O.[NaH]. The molecule has 12 heteroatoms. The van der Waals surface area contributed by atoms with Crippen molar-refractivity contribution < 1.29 is 25.3 Å². The van der Waals surface area contributed by atoms with Crippen molar-refractivity contribution in [3.05, 3.63) is 60.3 Å². The van der Waals surface area contributed by atoms with E-state index in [0.717, 1.165) is 0 Å². The third-order valence-electron chi connectivity index (χ3n) is 2.63. The average Bonchev–Trinajstić information content (AvgIpc) is 2.35. The fourth-order valence-electron chi connectivity index (χ4n) is 1.85. The van der Waals surface area contributed by atoms with Crippen LogP contribution in [-0.2, 0) is 0 Å². The number of nitrogens with one attached hydrogen (secondary N) is 1. The number of hydrogen-bond donors (Lipinski definition) is 3. The quantitative estimate of drug-likeness (QED) is 0.616. The standard InChI is InChI=1S/C12H6Cl2N2O6.Na.H2O.H/c13-4-1-5(14)3-6(2-4)16-8(11(20)21)7(10(18)19)9(17)15-12(16)22;;;/h1-3H,(H,18,19)(H,20,21)(H,15,17,22);;1H2;. The van der Waals surface area contributed by atoms with Crippen LogP contribution in [0.3, 0.4) is 0 Å². The minimum atomic E-state index is -1.79. The predicted octanol–water partition coefficient (Wildman–Crippen LogP) is -0.244. The second-order valence-corrected chi connectivity index (χ2v) is 4.93. The number of aromatic amines is 1. The van der Waals surface area contributed by atoms with Gasteiger partial charge in [-0.2, -0.15) is 0 Å². The second kappa shape index (κ2) is 8.47. The summed E-state index contributed by atoms with van der Waals surface area (Å²) in [6.45, 7) is 0. The molecule has 124 valence electrons. The summed E-state index contributed by atoms with van der Waals surface area (Å²) >= 11 is 11.6. The summed E-state index contributed by atoms with van der Waals surface area (Å²) in [7, 11) is 0. The zero-order valence-electron chi connectivity index (χ0n) is 11.0. The first-order valence-electron chi connectivity index (χ1n) is 5.54. The Balaban J connectivity index is 0.00000264. The summed E-state index contributed by atoms with van der Waals surface area (Å²) < 4.78 is 0.505. The van der Waals surface area contributed by atoms with Gasteiger partial charge in [-0.3, -0.25) is 14.3 Å². The molecular weight excluding hydrogens is 378 g/mol. The first kappa shape index (κ1) is 22.4. The van der Waals surface area contributed by atoms with E-state index in [-0.39, 0.29) is 50.8 Å². The maximum atomic E-state index is 11.9. The van der Waals surface area contributed by atoms with E-state index in [2.05, 4.69) is 0 Å². The van der Waals surface area contributed by atoms with Crippen molar-refractivity contribution >= 4 is 64.7 Å². The van der Waals surface area contributed by atoms with Crippen molar-refractivity contribution in [3.8, 4) is 5.69 Å². The Morgan fingerprint density at radius 1 is 1.00 bits per heavy atom. The van der Waals surface area contributed by atoms with Crippen LogP contribution in [-0.4, -0.2) is 66.7 Å². The third kappa shape index (κ3) is 4.26. The van der Waals surface area contributed by atoms with Crippen molar-refractivity contribution in [2.24, 2.45) is 0 Å². The molecule has 0 aliphatic carbocycles. The summed E-state index contributed by atoms with van der Waals surface area (Å²) in [6, 6.07) is 3.73. The molecule has 0 saturated carbocycles. The van der Waals surface area contributed by atoms with Crippen LogP contribution in [0.5, 0.6) is 0 Å². The number of carboxylic acid groups (broad SMARTS) is 2. The van der Waals surface area contributed by atoms with E-state index in [1.54, 1.807) is 4.98 Å². The minimum absolute atomic E-state index is 0. The predicted molar refractivity (Wildman–Crippen MR) is 87.4 cm³/mol. The van der Waals surface area contributed by atoms with Crippen LogP contribution in [0.1, 0.15) is 20.8 Å². The van der Waals surface area contributed by atoms with Crippen LogP contribution in [0.15, 0.2) is 27.8 Å². The molecule has 0 saturated heterocycles. The van der Waals surface area contributed by atoms with Crippen LogP contribution in [0.25, 0.3) is 5.69 Å². The van der Waals surface area contributed by atoms with E-state index in [1.165, 1.54) is 18.2 Å². The molecule has 2 rings (SSSR count). The molecule has 2 aromatic rings. The molecule has 0 aliphatic rings. The number of nitrogens with zero attached hydrogens (tertiary/aromatic N) is 1. The monoisotopic (exact) mass is 386 g/mol. The van der Waals surface area contributed by atoms with Crippen molar-refractivity contribution in [1.29, 1.82) is 0 Å². The van der Waals surface area contributed by atoms with Crippen LogP contribution in [0, 0.1) is 0 Å². The molecule has 1 heterocycles. The molecule has 0 aliphatic heterocycles. The molecule has 0 radical (unpaired) electrons. The van der Waals surface area contributed by atoms with Gasteiger partial charge in [0.2, 0.25) is 0 Å². The van der Waals surface area contributed by atoms with Crippen LogP contribution in [0.2, 0.25) is 10.0 Å². The van der Waals surface area contributed by atoms with Crippen LogP contribution >= 0.6 is 23.2 Å². The van der Waals surface area contributed by atoms with Crippen LogP contribution < -0.4 is 11.2 Å². The van der Waals surface area contributed by atoms with Gasteiger partial charge in [0.1, 0.15) is 0 Å². The molecule has 0 fully saturated rings. The summed E-state index contributed by atoms with van der Waals surface area (Å²) in [6.07, 6.45) is 0. The number of aromatic carboxylic acids is 2. The van der Waals surface area contributed by atoms with Gasteiger partial charge in [-0.15, -0.1) is 0 Å². The normalized spacial score (nSPS) is 9.58. The Labute approximate surface area is 165 Å². The molecule has 0 bridgehead atoms. The van der Waals surface area contributed by atoms with Gasteiger partial charge in [0.05, 0.1) is 5.69 Å². The van der Waals surface area contributed by atoms with E-state index in [4.69, 9.17) is 28.3 Å². The first-order chi connectivity index (χ1) is 10.2. The van der Waals surface area contributed by atoms with Gasteiger partial charge in [-0.05, 0) is 18.2 Å². The van der Waals surface area contributed by atoms with E-state index < -0.39 is 34.4 Å². The van der Waals surface area contributed by atoms with Crippen molar-refractivity contribution in [2.45, 2.75) is 0 Å². The average molecular weight is 387 g/mol. The molecule has 0 spiro atoms. The van der Waals surface area contributed by atoms with Gasteiger partial charge in [0, 0.05) is 10.0 Å². The number of benzene rings is 1. The number of aromatic nitrogens is 2. The van der Waals surface area contributed by atoms with Gasteiger partial charge in [-0.25, -0.2) is 14.4 Å². The van der Waals surface area contributed by atoms with E-state index >= 15 is 0 Å². The van der Waals surface area contributed by atoms with Gasteiger partial charge in [0.25, 0.3) is 5.56 Å². The Hall–Kier alpha value is -1.62. The van der Waals surface area contributed by atoms with Crippen LogP contribution in [0.4, 0.5) is 0 Å². The number of H-pyrrole nitrogens is 1. The summed E-state index contributed by atoms with van der Waals surface area (Å²) in [5.41, 5.74) is -4.63. The molecular formula is C12H9Cl2N2NaO7. The molecule has 5 N–H and O–H groups in total. The molecule has 24 heavy (non-hydrogen) atoms. The molecule has 0 unspecified atom stereocenters. The third-order valence-corrected chi connectivity index (χ3v) is 3.07. The summed E-state index contributed by atoms with van der Waals surface area (Å²) in [5.74, 6) is -3.56. The van der Waals surface area contributed by atoms with E-state index in [9.17, 15) is 24.3 Å². The van der Waals surface area contributed by atoms with Gasteiger partial charge in [-0.1, -0.05) is 23.2 Å². The number of hydrogen-bond acceptors (Lipinski definition) is 4. The Bertz CT molecular complexity index is 902. The molecule has 9 nitrogen and oxygen atoms in total. The van der Waals surface area contributed by atoms with Crippen molar-refractivity contribution in [1.82, 2.24) is 9.55 Å². The number of halogens is 2. The number of rotatable bonds is 3. The number of carbonyl (C=O) groups is 2. The maximum absolute atomic E-state index is 11.9.